The molecule has 5 rings (SSSR count). The van der Waals surface area contributed by atoms with Crippen LogP contribution in [0.3, 0.4) is 0 Å². The minimum Gasteiger partial charge on any atom is -0.472 e. The summed E-state index contributed by atoms with van der Waals surface area (Å²) in [6, 6.07) is 10.3. The number of anilines is 1. The molecule has 0 spiro atoms. The Hall–Kier alpha value is -2.08. The number of benzene rings is 1. The Balaban J connectivity index is 1.57. The van der Waals surface area contributed by atoms with Gasteiger partial charge in [0.2, 0.25) is 0 Å². The van der Waals surface area contributed by atoms with E-state index < -0.39 is 0 Å². The highest BCUT2D eigenvalue weighted by atomic mass is 35.5. The molecule has 4 nitrogen and oxygen atoms in total. The summed E-state index contributed by atoms with van der Waals surface area (Å²) in [5.41, 5.74) is 9.90. The first-order valence-electron chi connectivity index (χ1n) is 12.6. The highest BCUT2D eigenvalue weighted by molar-refractivity contribution is 7.20. The zero-order valence-electron chi connectivity index (χ0n) is 19.6. The van der Waals surface area contributed by atoms with Crippen LogP contribution in [0.1, 0.15) is 85.7 Å². The molecule has 1 aromatic carbocycles. The molecule has 2 saturated carbocycles. The van der Waals surface area contributed by atoms with Crippen molar-refractivity contribution >= 4 is 33.7 Å². The third kappa shape index (κ3) is 4.98. The summed E-state index contributed by atoms with van der Waals surface area (Å²) in [4.78, 5) is 17.6. The van der Waals surface area contributed by atoms with E-state index in [1.165, 1.54) is 75.5 Å². The van der Waals surface area contributed by atoms with E-state index in [0.29, 0.717) is 33.2 Å². The molecule has 180 valence electrons. The van der Waals surface area contributed by atoms with E-state index in [-0.39, 0.29) is 5.78 Å². The maximum Gasteiger partial charge on any atom is 0.196 e. The Labute approximate surface area is 211 Å². The number of nitrogens with two attached hydrogens (primary N) is 1. The molecule has 0 bridgehead atoms. The number of thiophene rings is 1. The number of nitrogens with zero attached hydrogens (tertiary/aromatic N) is 1. The van der Waals surface area contributed by atoms with Gasteiger partial charge in [-0.05, 0) is 61.6 Å². The predicted octanol–water partition coefficient (Wildman–Crippen LogP) is 7.94. The van der Waals surface area contributed by atoms with Gasteiger partial charge < -0.3 is 10.2 Å². The summed E-state index contributed by atoms with van der Waals surface area (Å²) in [6.07, 6.45) is 16.3. The number of hydrogen-bond donors (Lipinski definition) is 1. The monoisotopic (exact) mass is 496 g/mol. The first-order chi connectivity index (χ1) is 16.6. The minimum absolute atomic E-state index is 0.0256. The predicted molar refractivity (Wildman–Crippen MR) is 141 cm³/mol. The number of carbonyl (C=O) groups is 1. The second-order valence-electron chi connectivity index (χ2n) is 9.75. The first kappa shape index (κ1) is 23.7. The van der Waals surface area contributed by atoms with Crippen LogP contribution in [0.5, 0.6) is 0 Å². The molecular weight excluding hydrogens is 464 g/mol. The lowest BCUT2D eigenvalue weighted by molar-refractivity contribution is 0.0728. The van der Waals surface area contributed by atoms with E-state index in [2.05, 4.69) is 4.90 Å². The molecule has 0 atom stereocenters. The fourth-order valence-electron chi connectivity index (χ4n) is 5.82. The lowest BCUT2D eigenvalue weighted by Crippen LogP contribution is -2.44. The summed E-state index contributed by atoms with van der Waals surface area (Å²) in [6.45, 7) is 0.762. The van der Waals surface area contributed by atoms with Crippen molar-refractivity contribution in [3.63, 3.8) is 0 Å². The SMILES string of the molecule is Nc1sc(-c2ccoc2)c(CN(C2CCCCC2)C2CCCCC2)c1C(=O)c1ccc(Cl)cc1. The summed E-state index contributed by atoms with van der Waals surface area (Å²) in [5, 5.41) is 1.20. The Bertz CT molecular complexity index is 1080. The number of halogens is 1. The van der Waals surface area contributed by atoms with Crippen molar-refractivity contribution in [1.29, 1.82) is 0 Å². The molecule has 2 aliphatic rings. The van der Waals surface area contributed by atoms with Gasteiger partial charge in [0.25, 0.3) is 0 Å². The van der Waals surface area contributed by atoms with E-state index in [0.717, 1.165) is 22.5 Å². The highest BCUT2D eigenvalue weighted by Gasteiger charge is 2.33. The molecule has 2 heterocycles. The fourth-order valence-corrected chi connectivity index (χ4v) is 7.01. The van der Waals surface area contributed by atoms with Crippen LogP contribution in [0.4, 0.5) is 5.00 Å². The molecule has 0 aliphatic heterocycles. The molecule has 0 saturated heterocycles. The van der Waals surface area contributed by atoms with Crippen molar-refractivity contribution < 1.29 is 9.21 Å². The molecule has 34 heavy (non-hydrogen) atoms. The Morgan fingerprint density at radius 3 is 2.15 bits per heavy atom. The molecule has 2 aromatic heterocycles. The van der Waals surface area contributed by atoms with Crippen molar-refractivity contribution in [1.82, 2.24) is 4.90 Å². The molecule has 2 aliphatic carbocycles. The number of furan rings is 1. The fraction of sp³-hybridized carbons (Fsp3) is 0.464. The van der Waals surface area contributed by atoms with E-state index in [1.807, 2.05) is 6.07 Å². The number of rotatable bonds is 7. The number of carbonyl (C=O) groups excluding carboxylic acids is 1. The third-order valence-corrected chi connectivity index (χ3v) is 8.94. The number of nitrogen functional groups attached to an aromatic ring is 1. The molecular formula is C28H33ClN2O2S. The molecule has 3 aromatic rings. The zero-order valence-corrected chi connectivity index (χ0v) is 21.2. The number of hydrogen-bond acceptors (Lipinski definition) is 5. The smallest absolute Gasteiger partial charge is 0.196 e. The average Bonchev–Trinajstić information content (AvgIpc) is 3.51. The van der Waals surface area contributed by atoms with Gasteiger partial charge in [0.05, 0.1) is 23.1 Å². The van der Waals surface area contributed by atoms with Crippen LogP contribution >= 0.6 is 22.9 Å². The lowest BCUT2D eigenvalue weighted by atomic mass is 9.87. The lowest BCUT2D eigenvalue weighted by Gasteiger charge is -2.42. The zero-order chi connectivity index (χ0) is 23.5. The summed E-state index contributed by atoms with van der Waals surface area (Å²) >= 11 is 7.59. The van der Waals surface area contributed by atoms with Gasteiger partial charge in [0, 0.05) is 39.7 Å². The van der Waals surface area contributed by atoms with Crippen molar-refractivity contribution in [3.05, 3.63) is 64.6 Å². The quantitative estimate of drug-likeness (QED) is 0.337. The van der Waals surface area contributed by atoms with Crippen molar-refractivity contribution in [2.45, 2.75) is 82.8 Å². The van der Waals surface area contributed by atoms with Crippen LogP contribution in [-0.2, 0) is 6.54 Å². The molecule has 2 fully saturated rings. The van der Waals surface area contributed by atoms with Crippen molar-refractivity contribution in [2.75, 3.05) is 5.73 Å². The maximum absolute atomic E-state index is 13.8. The second-order valence-corrected chi connectivity index (χ2v) is 11.2. The molecule has 0 unspecified atom stereocenters. The molecule has 6 heteroatoms. The first-order valence-corrected chi connectivity index (χ1v) is 13.8. The Morgan fingerprint density at radius 2 is 1.59 bits per heavy atom. The second kappa shape index (κ2) is 10.7. The van der Waals surface area contributed by atoms with Crippen molar-refractivity contribution in [2.24, 2.45) is 0 Å². The van der Waals surface area contributed by atoms with Crippen LogP contribution in [-0.4, -0.2) is 22.8 Å². The average molecular weight is 497 g/mol. The highest BCUT2D eigenvalue weighted by Crippen LogP contribution is 2.42. The van der Waals surface area contributed by atoms with Gasteiger partial charge >= 0.3 is 0 Å². The van der Waals surface area contributed by atoms with E-state index in [1.54, 1.807) is 36.8 Å². The van der Waals surface area contributed by atoms with Gasteiger partial charge in [-0.25, -0.2) is 0 Å². The van der Waals surface area contributed by atoms with Gasteiger partial charge in [0.1, 0.15) is 0 Å². The van der Waals surface area contributed by atoms with Crippen LogP contribution in [0.15, 0.2) is 47.3 Å². The van der Waals surface area contributed by atoms with E-state index in [9.17, 15) is 4.79 Å². The normalized spacial score (nSPS) is 17.9. The Morgan fingerprint density at radius 1 is 0.971 bits per heavy atom. The van der Waals surface area contributed by atoms with E-state index in [4.69, 9.17) is 21.8 Å². The van der Waals surface area contributed by atoms with Gasteiger partial charge in [-0.3, -0.25) is 9.69 Å². The molecule has 2 N–H and O–H groups in total. The molecule has 0 radical (unpaired) electrons. The van der Waals surface area contributed by atoms with Gasteiger partial charge in [0.15, 0.2) is 5.78 Å². The largest absolute Gasteiger partial charge is 0.472 e. The topological polar surface area (TPSA) is 59.5 Å². The summed E-state index contributed by atoms with van der Waals surface area (Å²) in [5.74, 6) is -0.0256. The van der Waals surface area contributed by atoms with Crippen molar-refractivity contribution in [3.8, 4) is 10.4 Å². The van der Waals surface area contributed by atoms with Gasteiger partial charge in [-0.2, -0.15) is 0 Å². The summed E-state index contributed by atoms with van der Waals surface area (Å²) in [7, 11) is 0. The minimum atomic E-state index is -0.0256. The van der Waals surface area contributed by atoms with Crippen LogP contribution < -0.4 is 5.73 Å². The van der Waals surface area contributed by atoms with Crippen LogP contribution in [0.2, 0.25) is 5.02 Å². The van der Waals surface area contributed by atoms with Crippen LogP contribution in [0, 0.1) is 0 Å². The third-order valence-electron chi connectivity index (χ3n) is 7.58. The van der Waals surface area contributed by atoms with Crippen LogP contribution in [0.25, 0.3) is 10.4 Å². The van der Waals surface area contributed by atoms with Gasteiger partial charge in [-0.15, -0.1) is 11.3 Å². The summed E-state index contributed by atoms with van der Waals surface area (Å²) < 4.78 is 5.42. The number of ketones is 1. The standard InChI is InChI=1S/C28H33ClN2O2S/c29-21-13-11-19(12-14-21)26(32)25-24(27(34-28(25)30)20-15-16-33-18-20)17-31(22-7-3-1-4-8-22)23-9-5-2-6-10-23/h11-16,18,22-23H,1-10,17,30H2. The van der Waals surface area contributed by atoms with E-state index >= 15 is 0 Å². The molecule has 0 amide bonds. The Kier molecular flexibility index (Phi) is 7.43. The van der Waals surface area contributed by atoms with Gasteiger partial charge in [-0.1, -0.05) is 50.1 Å². The maximum atomic E-state index is 13.8.